The second-order valence-corrected chi connectivity index (χ2v) is 10.3. The molecule has 0 aromatic heterocycles. The molecule has 0 spiro atoms. The highest BCUT2D eigenvalue weighted by Gasteiger charge is 2.26. The fourth-order valence-corrected chi connectivity index (χ4v) is 5.44. The fraction of sp³-hybridized carbons (Fsp3) is 0.233. The number of nitrogens with one attached hydrogen (secondary N) is 2. The molecule has 2 N–H and O–H groups in total. The number of thioether (sulfide) groups is 1. The van der Waals surface area contributed by atoms with Gasteiger partial charge in [0.1, 0.15) is 0 Å². The van der Waals surface area contributed by atoms with Gasteiger partial charge in [0.2, 0.25) is 0 Å². The van der Waals surface area contributed by atoms with Crippen molar-refractivity contribution in [3.8, 4) is 11.1 Å². The lowest BCUT2D eigenvalue weighted by molar-refractivity contribution is -0.115. The molecule has 0 bridgehead atoms. The average molecular weight is 513 g/mol. The zero-order chi connectivity index (χ0) is 25.6. The van der Waals surface area contributed by atoms with Crippen LogP contribution in [0.5, 0.6) is 0 Å². The van der Waals surface area contributed by atoms with Crippen LogP contribution < -0.4 is 10.6 Å². The first-order valence-electron chi connectivity index (χ1n) is 12.4. The molecule has 0 unspecified atom stereocenters. The van der Waals surface area contributed by atoms with Gasteiger partial charge in [-0.2, -0.15) is 0 Å². The van der Waals surface area contributed by atoms with Gasteiger partial charge < -0.3 is 10.1 Å². The van der Waals surface area contributed by atoms with Crippen LogP contribution in [-0.2, 0) is 16.1 Å². The molecule has 6 nitrogen and oxygen atoms in total. The maximum Gasteiger partial charge on any atom is 0.290 e. The molecule has 5 rings (SSSR count). The van der Waals surface area contributed by atoms with Crippen molar-refractivity contribution in [2.24, 2.45) is 5.92 Å². The first-order valence-corrected chi connectivity index (χ1v) is 13.2. The molecular formula is C30H28N2O4S. The quantitative estimate of drug-likeness (QED) is 0.373. The van der Waals surface area contributed by atoms with Crippen molar-refractivity contribution in [1.82, 2.24) is 10.6 Å². The third-order valence-electron chi connectivity index (χ3n) is 6.73. The number of carbonyl (C=O) groups is 3. The number of rotatable bonds is 8. The first kappa shape index (κ1) is 25.0. The number of hydrogen-bond acceptors (Lipinski definition) is 5. The Labute approximate surface area is 220 Å². The maximum absolute atomic E-state index is 12.6. The molecule has 1 heterocycles. The van der Waals surface area contributed by atoms with E-state index in [1.807, 2.05) is 24.3 Å². The van der Waals surface area contributed by atoms with Crippen LogP contribution in [-0.4, -0.2) is 29.7 Å². The lowest BCUT2D eigenvalue weighted by Crippen LogP contribution is -2.28. The van der Waals surface area contributed by atoms with Crippen molar-refractivity contribution in [3.05, 3.63) is 100 Å². The summed E-state index contributed by atoms with van der Waals surface area (Å²) in [6.07, 6.45) is 4.78. The van der Waals surface area contributed by atoms with Crippen molar-refractivity contribution in [3.63, 3.8) is 0 Å². The van der Waals surface area contributed by atoms with Crippen LogP contribution in [0.2, 0.25) is 0 Å². The monoisotopic (exact) mass is 512 g/mol. The predicted octanol–water partition coefficient (Wildman–Crippen LogP) is 5.79. The van der Waals surface area contributed by atoms with Gasteiger partial charge in [-0.3, -0.25) is 19.7 Å². The summed E-state index contributed by atoms with van der Waals surface area (Å²) in [7, 11) is 0. The molecule has 37 heavy (non-hydrogen) atoms. The van der Waals surface area contributed by atoms with E-state index in [1.54, 1.807) is 30.3 Å². The van der Waals surface area contributed by atoms with Crippen LogP contribution in [0.25, 0.3) is 17.2 Å². The van der Waals surface area contributed by atoms with Crippen LogP contribution in [0, 0.1) is 5.92 Å². The molecule has 1 saturated heterocycles. The summed E-state index contributed by atoms with van der Waals surface area (Å²) in [6.45, 7) is 1.19. The third kappa shape index (κ3) is 6.37. The van der Waals surface area contributed by atoms with Crippen LogP contribution in [0.15, 0.2) is 83.8 Å². The Bertz CT molecular complexity index is 1320. The van der Waals surface area contributed by atoms with Crippen LogP contribution >= 0.6 is 11.8 Å². The fourth-order valence-electron chi connectivity index (χ4n) is 4.76. The minimum Gasteiger partial charge on any atom is -0.374 e. The normalized spacial score (nSPS) is 20.3. The average Bonchev–Trinajstić information content (AvgIpc) is 3.52. The summed E-state index contributed by atoms with van der Waals surface area (Å²) in [4.78, 5) is 36.0. The van der Waals surface area contributed by atoms with Crippen molar-refractivity contribution < 1.29 is 19.1 Å². The van der Waals surface area contributed by atoms with E-state index in [0.717, 1.165) is 36.6 Å². The zero-order valence-electron chi connectivity index (χ0n) is 20.3. The predicted molar refractivity (Wildman–Crippen MR) is 146 cm³/mol. The molecule has 2 atom stereocenters. The van der Waals surface area contributed by atoms with Gasteiger partial charge in [-0.15, -0.1) is 0 Å². The highest BCUT2D eigenvalue weighted by Crippen LogP contribution is 2.30. The molecule has 3 amide bonds. The maximum atomic E-state index is 12.6. The molecule has 2 aliphatic rings. The second-order valence-electron chi connectivity index (χ2n) is 9.32. The Morgan fingerprint density at radius 3 is 2.49 bits per heavy atom. The molecule has 7 heteroatoms. The number of carbonyl (C=O) groups excluding carboxylic acids is 3. The summed E-state index contributed by atoms with van der Waals surface area (Å²) in [6, 6.07) is 25.7. The summed E-state index contributed by atoms with van der Waals surface area (Å²) >= 11 is 0.875. The third-order valence-corrected chi connectivity index (χ3v) is 7.54. The van der Waals surface area contributed by atoms with E-state index < -0.39 is 5.91 Å². The van der Waals surface area contributed by atoms with E-state index in [4.69, 9.17) is 4.74 Å². The number of imide groups is 1. The molecule has 3 aromatic rings. The molecule has 2 fully saturated rings. The van der Waals surface area contributed by atoms with Gasteiger partial charge in [0.25, 0.3) is 17.1 Å². The zero-order valence-corrected chi connectivity index (χ0v) is 21.1. The van der Waals surface area contributed by atoms with Crippen molar-refractivity contribution >= 4 is 34.9 Å². The SMILES string of the molecule is O=C1NC(=O)/C(=C/c2ccc(C(=O)NC[C@H]3CC[C@H](OCc4ccccc4-c4ccccc4)C3)cc2)S1. The molecule has 1 aliphatic heterocycles. The Morgan fingerprint density at radius 1 is 0.973 bits per heavy atom. The number of benzene rings is 3. The van der Waals surface area contributed by atoms with Crippen LogP contribution in [0.4, 0.5) is 4.79 Å². The van der Waals surface area contributed by atoms with Crippen molar-refractivity contribution in [1.29, 1.82) is 0 Å². The summed E-state index contributed by atoms with van der Waals surface area (Å²) in [5.74, 6) is -0.127. The van der Waals surface area contributed by atoms with Gasteiger partial charge in [-0.1, -0.05) is 66.7 Å². The molecular weight excluding hydrogens is 484 g/mol. The summed E-state index contributed by atoms with van der Waals surface area (Å²) in [5, 5.41) is 4.91. The highest BCUT2D eigenvalue weighted by atomic mass is 32.2. The number of hydrogen-bond donors (Lipinski definition) is 2. The molecule has 188 valence electrons. The Kier molecular flexibility index (Phi) is 7.82. The summed E-state index contributed by atoms with van der Waals surface area (Å²) < 4.78 is 6.29. The van der Waals surface area contributed by atoms with E-state index in [0.29, 0.717) is 29.5 Å². The standard InChI is InChI=1S/C30H28N2O4S/c33-28(23-13-10-20(11-14-23)17-27-29(34)32-30(35)37-27)31-18-21-12-15-25(16-21)36-19-24-8-4-5-9-26(24)22-6-2-1-3-7-22/h1-11,13-14,17,21,25H,12,15-16,18-19H2,(H,31,33)(H,32,34,35)/b27-17-/t21-,25-/m0/s1. The molecule has 1 aliphatic carbocycles. The Balaban J connectivity index is 1.09. The largest absolute Gasteiger partial charge is 0.374 e. The second kappa shape index (κ2) is 11.6. The van der Waals surface area contributed by atoms with Gasteiger partial charge in [0.15, 0.2) is 0 Å². The topological polar surface area (TPSA) is 84.5 Å². The van der Waals surface area contributed by atoms with E-state index in [2.05, 4.69) is 41.0 Å². The summed E-state index contributed by atoms with van der Waals surface area (Å²) in [5.41, 5.74) is 4.89. The first-order chi connectivity index (χ1) is 18.0. The van der Waals surface area contributed by atoms with Gasteiger partial charge >= 0.3 is 0 Å². The Hall–Kier alpha value is -3.68. The van der Waals surface area contributed by atoms with Crippen molar-refractivity contribution in [2.45, 2.75) is 32.0 Å². The minimum absolute atomic E-state index is 0.122. The Morgan fingerprint density at radius 2 is 1.73 bits per heavy atom. The number of amides is 3. The lowest BCUT2D eigenvalue weighted by Gasteiger charge is -2.15. The van der Waals surface area contributed by atoms with E-state index in [1.165, 1.54) is 16.7 Å². The van der Waals surface area contributed by atoms with Crippen LogP contribution in [0.3, 0.4) is 0 Å². The van der Waals surface area contributed by atoms with Crippen LogP contribution in [0.1, 0.15) is 40.7 Å². The van der Waals surface area contributed by atoms with Gasteiger partial charge in [0.05, 0.1) is 17.6 Å². The highest BCUT2D eigenvalue weighted by molar-refractivity contribution is 8.18. The molecule has 0 radical (unpaired) electrons. The smallest absolute Gasteiger partial charge is 0.290 e. The van der Waals surface area contributed by atoms with E-state index in [9.17, 15) is 14.4 Å². The minimum atomic E-state index is -0.393. The van der Waals surface area contributed by atoms with E-state index in [-0.39, 0.29) is 17.3 Å². The van der Waals surface area contributed by atoms with Gasteiger partial charge in [-0.25, -0.2) is 0 Å². The van der Waals surface area contributed by atoms with E-state index >= 15 is 0 Å². The molecule has 3 aromatic carbocycles. The number of ether oxygens (including phenoxy) is 1. The van der Waals surface area contributed by atoms with Gasteiger partial charge in [0, 0.05) is 12.1 Å². The molecule has 1 saturated carbocycles. The lowest BCUT2D eigenvalue weighted by atomic mass is 10.0. The van der Waals surface area contributed by atoms with Gasteiger partial charge in [-0.05, 0) is 77.4 Å². The van der Waals surface area contributed by atoms with Crippen molar-refractivity contribution in [2.75, 3.05) is 6.54 Å².